The van der Waals surface area contributed by atoms with Gasteiger partial charge in [-0.05, 0) is 24.7 Å². The Hall–Kier alpha value is -0.550. The quantitative estimate of drug-likeness (QED) is 0.582. The summed E-state index contributed by atoms with van der Waals surface area (Å²) in [6.07, 6.45) is 2.43. The van der Waals surface area contributed by atoms with Crippen LogP contribution in [0.2, 0.25) is 0 Å². The SMILES string of the molecule is [C-]#[N+]C(C)N(CCC(C)C)CCC(C)C. The van der Waals surface area contributed by atoms with Crippen LogP contribution in [-0.4, -0.2) is 24.2 Å². The summed E-state index contributed by atoms with van der Waals surface area (Å²) < 4.78 is 0. The molecule has 0 fully saturated rings. The third kappa shape index (κ3) is 7.39. The monoisotopic (exact) mass is 210 g/mol. The second-order valence-electron chi connectivity index (χ2n) is 5.16. The zero-order valence-electron chi connectivity index (χ0n) is 11.0. The minimum atomic E-state index is 0.0440. The normalized spacial score (nSPS) is 13.5. The summed E-state index contributed by atoms with van der Waals surface area (Å²) in [4.78, 5) is 5.93. The molecule has 0 aliphatic heterocycles. The standard InChI is InChI=1S/C13H26N2/c1-11(2)7-9-15(13(5)14-6)10-8-12(3)4/h11-13H,7-10H2,1-5H3. The van der Waals surface area contributed by atoms with Crippen LogP contribution in [0.4, 0.5) is 0 Å². The van der Waals surface area contributed by atoms with Crippen LogP contribution in [0, 0.1) is 18.4 Å². The Balaban J connectivity index is 4.02. The van der Waals surface area contributed by atoms with E-state index in [-0.39, 0.29) is 6.17 Å². The Morgan fingerprint density at radius 3 is 1.60 bits per heavy atom. The van der Waals surface area contributed by atoms with E-state index in [2.05, 4.69) is 37.4 Å². The minimum Gasteiger partial charge on any atom is -0.296 e. The minimum absolute atomic E-state index is 0.0440. The molecule has 0 aliphatic carbocycles. The average molecular weight is 210 g/mol. The molecule has 0 N–H and O–H groups in total. The highest BCUT2D eigenvalue weighted by molar-refractivity contribution is 4.75. The summed E-state index contributed by atoms with van der Waals surface area (Å²) in [5.41, 5.74) is 0. The Morgan fingerprint density at radius 1 is 0.933 bits per heavy atom. The second-order valence-corrected chi connectivity index (χ2v) is 5.16. The molecule has 0 aromatic heterocycles. The van der Waals surface area contributed by atoms with Gasteiger partial charge in [-0.15, -0.1) is 0 Å². The van der Waals surface area contributed by atoms with Gasteiger partial charge in [0.25, 0.3) is 6.17 Å². The van der Waals surface area contributed by atoms with Crippen LogP contribution in [-0.2, 0) is 0 Å². The van der Waals surface area contributed by atoms with Gasteiger partial charge in [-0.3, -0.25) is 4.85 Å². The molecule has 88 valence electrons. The molecule has 0 aromatic carbocycles. The first-order valence-corrected chi connectivity index (χ1v) is 6.08. The predicted octanol–water partition coefficient (Wildman–Crippen LogP) is 3.65. The topological polar surface area (TPSA) is 7.60 Å². The largest absolute Gasteiger partial charge is 0.296 e. The molecular weight excluding hydrogens is 184 g/mol. The lowest BCUT2D eigenvalue weighted by molar-refractivity contribution is 0.214. The molecule has 2 nitrogen and oxygen atoms in total. The fourth-order valence-corrected chi connectivity index (χ4v) is 1.42. The van der Waals surface area contributed by atoms with Crippen molar-refractivity contribution < 1.29 is 0 Å². The smallest absolute Gasteiger partial charge is 0.276 e. The van der Waals surface area contributed by atoms with Crippen molar-refractivity contribution in [3.05, 3.63) is 11.4 Å². The third-order valence-electron chi connectivity index (χ3n) is 2.70. The lowest BCUT2D eigenvalue weighted by Gasteiger charge is -2.22. The summed E-state index contributed by atoms with van der Waals surface area (Å²) in [7, 11) is 0. The molecule has 1 atom stereocenters. The molecule has 15 heavy (non-hydrogen) atoms. The highest BCUT2D eigenvalue weighted by Crippen LogP contribution is 2.10. The van der Waals surface area contributed by atoms with Crippen molar-refractivity contribution in [2.24, 2.45) is 11.8 Å². The van der Waals surface area contributed by atoms with Crippen LogP contribution < -0.4 is 0 Å². The fraction of sp³-hybridized carbons (Fsp3) is 0.923. The van der Waals surface area contributed by atoms with Gasteiger partial charge in [-0.2, -0.15) is 0 Å². The van der Waals surface area contributed by atoms with Gasteiger partial charge in [-0.25, -0.2) is 11.5 Å². The molecule has 0 saturated carbocycles. The highest BCUT2D eigenvalue weighted by Gasteiger charge is 2.17. The molecule has 0 aliphatic rings. The van der Waals surface area contributed by atoms with E-state index in [1.807, 2.05) is 6.92 Å². The van der Waals surface area contributed by atoms with E-state index in [1.54, 1.807) is 0 Å². The lowest BCUT2D eigenvalue weighted by Crippen LogP contribution is -2.33. The van der Waals surface area contributed by atoms with Crippen LogP contribution in [0.3, 0.4) is 0 Å². The number of rotatable bonds is 7. The molecule has 0 amide bonds. The van der Waals surface area contributed by atoms with Crippen molar-refractivity contribution in [3.8, 4) is 0 Å². The van der Waals surface area contributed by atoms with E-state index < -0.39 is 0 Å². The van der Waals surface area contributed by atoms with E-state index in [4.69, 9.17) is 6.57 Å². The summed E-state index contributed by atoms with van der Waals surface area (Å²) in [5.74, 6) is 1.45. The molecule has 0 aromatic rings. The Bertz CT molecular complexity index is 179. The zero-order chi connectivity index (χ0) is 11.8. The third-order valence-corrected chi connectivity index (χ3v) is 2.70. The highest BCUT2D eigenvalue weighted by atomic mass is 15.2. The van der Waals surface area contributed by atoms with Gasteiger partial charge < -0.3 is 0 Å². The van der Waals surface area contributed by atoms with Crippen LogP contribution in [0.25, 0.3) is 4.85 Å². The van der Waals surface area contributed by atoms with Crippen molar-refractivity contribution >= 4 is 0 Å². The predicted molar refractivity (Wildman–Crippen MR) is 66.5 cm³/mol. The first kappa shape index (κ1) is 14.5. The Kier molecular flexibility index (Phi) is 7.42. The van der Waals surface area contributed by atoms with Gasteiger partial charge in [0.1, 0.15) is 0 Å². The van der Waals surface area contributed by atoms with Gasteiger partial charge in [0.05, 0.1) is 0 Å². The van der Waals surface area contributed by atoms with Gasteiger partial charge >= 0.3 is 0 Å². The molecule has 0 bridgehead atoms. The molecule has 0 saturated heterocycles. The summed E-state index contributed by atoms with van der Waals surface area (Å²) >= 11 is 0. The van der Waals surface area contributed by atoms with Crippen molar-refractivity contribution in [3.63, 3.8) is 0 Å². The van der Waals surface area contributed by atoms with Gasteiger partial charge in [-0.1, -0.05) is 27.7 Å². The molecule has 0 spiro atoms. The second kappa shape index (κ2) is 7.70. The van der Waals surface area contributed by atoms with E-state index in [0.29, 0.717) is 0 Å². The molecule has 0 radical (unpaired) electrons. The van der Waals surface area contributed by atoms with Crippen LogP contribution in [0.5, 0.6) is 0 Å². The van der Waals surface area contributed by atoms with Gasteiger partial charge in [0, 0.05) is 20.0 Å². The van der Waals surface area contributed by atoms with Crippen molar-refractivity contribution in [2.75, 3.05) is 13.1 Å². The van der Waals surface area contributed by atoms with Crippen LogP contribution in [0.15, 0.2) is 0 Å². The van der Waals surface area contributed by atoms with Gasteiger partial charge in [0.15, 0.2) is 0 Å². The first-order chi connectivity index (χ1) is 6.97. The van der Waals surface area contributed by atoms with E-state index in [9.17, 15) is 0 Å². The van der Waals surface area contributed by atoms with E-state index in [0.717, 1.165) is 24.9 Å². The molecule has 2 heteroatoms. The van der Waals surface area contributed by atoms with E-state index in [1.165, 1.54) is 12.8 Å². The van der Waals surface area contributed by atoms with Crippen molar-refractivity contribution in [2.45, 2.75) is 53.6 Å². The molecule has 1 unspecified atom stereocenters. The Labute approximate surface area is 95.5 Å². The maximum absolute atomic E-state index is 7.09. The maximum Gasteiger partial charge on any atom is 0.276 e. The fourth-order valence-electron chi connectivity index (χ4n) is 1.42. The Morgan fingerprint density at radius 2 is 1.33 bits per heavy atom. The number of hydrogen-bond donors (Lipinski definition) is 0. The number of nitrogens with zero attached hydrogens (tertiary/aromatic N) is 2. The van der Waals surface area contributed by atoms with Crippen LogP contribution in [0.1, 0.15) is 47.5 Å². The molecule has 0 heterocycles. The summed E-state index contributed by atoms with van der Waals surface area (Å²) in [5, 5.41) is 0. The van der Waals surface area contributed by atoms with Crippen molar-refractivity contribution in [1.29, 1.82) is 0 Å². The average Bonchev–Trinajstić information content (AvgIpc) is 2.16. The maximum atomic E-state index is 7.09. The number of hydrogen-bond acceptors (Lipinski definition) is 1. The lowest BCUT2D eigenvalue weighted by atomic mass is 10.1. The first-order valence-electron chi connectivity index (χ1n) is 6.08. The van der Waals surface area contributed by atoms with Crippen LogP contribution >= 0.6 is 0 Å². The summed E-state index contributed by atoms with van der Waals surface area (Å²) in [6, 6.07) is 0. The molecule has 0 rings (SSSR count). The van der Waals surface area contributed by atoms with Gasteiger partial charge in [0.2, 0.25) is 0 Å². The van der Waals surface area contributed by atoms with E-state index >= 15 is 0 Å². The summed E-state index contributed by atoms with van der Waals surface area (Å²) in [6.45, 7) is 20.2. The van der Waals surface area contributed by atoms with Crippen molar-refractivity contribution in [1.82, 2.24) is 4.90 Å². The zero-order valence-corrected chi connectivity index (χ0v) is 11.0. The molecular formula is C13H26N2.